The zero-order chi connectivity index (χ0) is 22.0. The van der Waals surface area contributed by atoms with Gasteiger partial charge in [-0.3, -0.25) is 19.8 Å². The van der Waals surface area contributed by atoms with Crippen molar-refractivity contribution in [3.63, 3.8) is 0 Å². The highest BCUT2D eigenvalue weighted by atomic mass is 32.2. The molecule has 0 aromatic heterocycles. The lowest BCUT2D eigenvalue weighted by molar-refractivity contribution is -0.838. The van der Waals surface area contributed by atoms with Crippen LogP contribution in [0, 0.1) is 10.1 Å². The number of piperazine rings is 1. The van der Waals surface area contributed by atoms with E-state index in [2.05, 4.69) is 4.99 Å². The molecule has 2 aliphatic heterocycles. The van der Waals surface area contributed by atoms with Gasteiger partial charge in [-0.2, -0.15) is 4.99 Å². The molecule has 0 spiro atoms. The molecule has 31 heavy (non-hydrogen) atoms. The van der Waals surface area contributed by atoms with Gasteiger partial charge in [0, 0.05) is 12.1 Å². The van der Waals surface area contributed by atoms with Gasteiger partial charge in [-0.15, -0.1) is 0 Å². The Balaban J connectivity index is 1.43. The second-order valence-corrected chi connectivity index (χ2v) is 8.09. The van der Waals surface area contributed by atoms with E-state index >= 15 is 0 Å². The van der Waals surface area contributed by atoms with Crippen molar-refractivity contribution < 1.29 is 24.5 Å². The molecule has 4 rings (SSSR count). The molecule has 1 N–H and O–H groups in total. The molecule has 2 aromatic carbocycles. The number of carbonyl (C=O) groups is 1. The van der Waals surface area contributed by atoms with Gasteiger partial charge >= 0.3 is 5.69 Å². The minimum Gasteiger partial charge on any atom is -0.870 e. The lowest BCUT2D eigenvalue weighted by Crippen LogP contribution is -3.10. The Morgan fingerprint density at radius 1 is 1.23 bits per heavy atom. The number of nitro benzene ring substituents is 1. The first-order valence-corrected chi connectivity index (χ1v) is 10.5. The Kier molecular flexibility index (Phi) is 5.92. The molecule has 0 saturated carbocycles. The largest absolute Gasteiger partial charge is 0.870 e. The van der Waals surface area contributed by atoms with Gasteiger partial charge in [-0.05, 0) is 29.5 Å². The number of amides is 1. The molecular formula is C21H20N4O5S. The van der Waals surface area contributed by atoms with Crippen LogP contribution >= 0.6 is 11.8 Å². The Hall–Kier alpha value is -3.37. The molecule has 160 valence electrons. The van der Waals surface area contributed by atoms with E-state index in [4.69, 9.17) is 4.74 Å². The Bertz CT molecular complexity index is 1090. The summed E-state index contributed by atoms with van der Waals surface area (Å²) in [6, 6.07) is 11.4. The zero-order valence-corrected chi connectivity index (χ0v) is 17.6. The molecule has 0 aliphatic carbocycles. The number of rotatable bonds is 4. The van der Waals surface area contributed by atoms with Crippen LogP contribution in [0.15, 0.2) is 52.4 Å². The molecule has 1 saturated heterocycles. The van der Waals surface area contributed by atoms with E-state index in [1.165, 1.54) is 31.0 Å². The number of amidine groups is 1. The first-order valence-electron chi connectivity index (χ1n) is 9.67. The number of hydrogen-bond acceptors (Lipinski definition) is 7. The number of ether oxygens (including phenoxy) is 1. The van der Waals surface area contributed by atoms with Gasteiger partial charge < -0.3 is 14.7 Å². The van der Waals surface area contributed by atoms with E-state index in [0.717, 1.165) is 4.90 Å². The van der Waals surface area contributed by atoms with Crippen molar-refractivity contribution in [2.45, 2.75) is 0 Å². The Morgan fingerprint density at radius 2 is 1.97 bits per heavy atom. The number of benzene rings is 2. The molecule has 2 aliphatic rings. The van der Waals surface area contributed by atoms with Crippen LogP contribution in [0.5, 0.6) is 11.5 Å². The SMILES string of the molecule is COc1cc(/C=C2\SC(N3CC[NH+](c4ccccc4[N+](=O)[O-])CC3)=NC2=O)ccc1[O-]. The van der Waals surface area contributed by atoms with Crippen molar-refractivity contribution in [1.82, 2.24) is 4.90 Å². The third kappa shape index (κ3) is 4.39. The van der Waals surface area contributed by atoms with Crippen LogP contribution in [0.3, 0.4) is 0 Å². The third-order valence-electron chi connectivity index (χ3n) is 5.21. The van der Waals surface area contributed by atoms with Gasteiger partial charge in [0.15, 0.2) is 5.17 Å². The number of methoxy groups -OCH3 is 1. The number of thioether (sulfide) groups is 1. The van der Waals surface area contributed by atoms with E-state index in [-0.39, 0.29) is 28.0 Å². The second kappa shape index (κ2) is 8.78. The zero-order valence-electron chi connectivity index (χ0n) is 16.7. The molecule has 0 radical (unpaired) electrons. The van der Waals surface area contributed by atoms with Crippen LogP contribution in [0.25, 0.3) is 6.08 Å². The highest BCUT2D eigenvalue weighted by Crippen LogP contribution is 2.32. The summed E-state index contributed by atoms with van der Waals surface area (Å²) in [5.74, 6) is -0.315. The van der Waals surface area contributed by atoms with Crippen LogP contribution in [0.2, 0.25) is 0 Å². The van der Waals surface area contributed by atoms with Gasteiger partial charge in [-0.1, -0.05) is 30.0 Å². The first kappa shape index (κ1) is 20.9. The van der Waals surface area contributed by atoms with E-state index in [1.54, 1.807) is 30.3 Å². The third-order valence-corrected chi connectivity index (χ3v) is 6.26. The van der Waals surface area contributed by atoms with Crippen molar-refractivity contribution in [3.05, 3.63) is 63.0 Å². The molecule has 2 heterocycles. The number of para-hydroxylation sites is 2. The van der Waals surface area contributed by atoms with Gasteiger partial charge in [0.1, 0.15) is 5.75 Å². The smallest absolute Gasteiger partial charge is 0.329 e. The number of aliphatic imine (C=N–C) groups is 1. The average molecular weight is 440 g/mol. The minimum atomic E-state index is -0.351. The molecule has 1 fully saturated rings. The summed E-state index contributed by atoms with van der Waals surface area (Å²) in [5.41, 5.74) is 1.49. The summed E-state index contributed by atoms with van der Waals surface area (Å²) >= 11 is 1.29. The maximum atomic E-state index is 12.4. The van der Waals surface area contributed by atoms with E-state index in [9.17, 15) is 20.0 Å². The molecule has 0 unspecified atom stereocenters. The first-order chi connectivity index (χ1) is 15.0. The second-order valence-electron chi connectivity index (χ2n) is 7.09. The van der Waals surface area contributed by atoms with Crippen LogP contribution in [0.1, 0.15) is 5.56 Å². The van der Waals surface area contributed by atoms with Crippen molar-refractivity contribution in [2.24, 2.45) is 4.99 Å². The van der Waals surface area contributed by atoms with Crippen molar-refractivity contribution >= 4 is 40.3 Å². The predicted molar refractivity (Wildman–Crippen MR) is 115 cm³/mol. The molecule has 9 nitrogen and oxygen atoms in total. The number of nitro groups is 1. The molecule has 10 heteroatoms. The van der Waals surface area contributed by atoms with Crippen molar-refractivity contribution in [3.8, 4) is 11.5 Å². The monoisotopic (exact) mass is 440 g/mol. The summed E-state index contributed by atoms with van der Waals surface area (Å²) in [6.45, 7) is 2.60. The topological polar surface area (TPSA) is 113 Å². The minimum absolute atomic E-state index is 0.124. The summed E-state index contributed by atoms with van der Waals surface area (Å²) in [7, 11) is 1.43. The van der Waals surface area contributed by atoms with Gasteiger partial charge in [0.25, 0.3) is 5.91 Å². The standard InChI is InChI=1S/C21H20N4O5S/c1-30-18-12-14(6-7-17(18)26)13-19-20(27)22-21(31-19)24-10-8-23(9-11-24)15-4-2-3-5-16(15)25(28)29/h2-7,12-13,26H,8-11H2,1H3/b19-13-. The maximum absolute atomic E-state index is 12.4. The summed E-state index contributed by atoms with van der Waals surface area (Å²) in [6.07, 6.45) is 1.69. The number of nitrogens with zero attached hydrogens (tertiary/aromatic N) is 3. The summed E-state index contributed by atoms with van der Waals surface area (Å²) in [4.78, 5) is 31.1. The quantitative estimate of drug-likeness (QED) is 0.432. The average Bonchev–Trinajstić information content (AvgIpc) is 3.15. The van der Waals surface area contributed by atoms with Gasteiger partial charge in [-0.25, -0.2) is 0 Å². The van der Waals surface area contributed by atoms with Crippen LogP contribution in [-0.4, -0.2) is 54.2 Å². The fourth-order valence-electron chi connectivity index (χ4n) is 3.63. The Labute approximate surface area is 182 Å². The normalized spacial score (nSPS) is 18.4. The van der Waals surface area contributed by atoms with E-state index in [0.29, 0.717) is 47.5 Å². The maximum Gasteiger partial charge on any atom is 0.329 e. The number of quaternary nitrogens is 1. The highest BCUT2D eigenvalue weighted by molar-refractivity contribution is 8.18. The number of nitrogens with one attached hydrogen (secondary N) is 1. The van der Waals surface area contributed by atoms with E-state index in [1.807, 2.05) is 11.0 Å². The summed E-state index contributed by atoms with van der Waals surface area (Å²) in [5, 5.41) is 23.6. The van der Waals surface area contributed by atoms with Crippen LogP contribution in [-0.2, 0) is 4.79 Å². The highest BCUT2D eigenvalue weighted by Gasteiger charge is 2.32. The van der Waals surface area contributed by atoms with Crippen LogP contribution in [0.4, 0.5) is 11.4 Å². The molecule has 2 aromatic rings. The van der Waals surface area contributed by atoms with Crippen molar-refractivity contribution in [1.29, 1.82) is 0 Å². The molecule has 0 bridgehead atoms. The van der Waals surface area contributed by atoms with Crippen molar-refractivity contribution in [2.75, 3.05) is 33.3 Å². The predicted octanol–water partition coefficient (Wildman–Crippen LogP) is 1.18. The summed E-state index contributed by atoms with van der Waals surface area (Å²) < 4.78 is 5.05. The molecular weight excluding hydrogens is 420 g/mol. The lowest BCUT2D eigenvalue weighted by atomic mass is 10.2. The Morgan fingerprint density at radius 3 is 2.68 bits per heavy atom. The van der Waals surface area contributed by atoms with Gasteiger partial charge in [0.05, 0.1) is 43.1 Å². The lowest BCUT2D eigenvalue weighted by Gasteiger charge is -2.32. The molecule has 1 amide bonds. The fourth-order valence-corrected chi connectivity index (χ4v) is 4.59. The fraction of sp³-hybridized carbons (Fsp3) is 0.238. The number of hydrogen-bond donors (Lipinski definition) is 1. The number of carbonyl (C=O) groups excluding carboxylic acids is 1. The molecule has 0 atom stereocenters. The van der Waals surface area contributed by atoms with Crippen LogP contribution < -0.4 is 14.7 Å². The van der Waals surface area contributed by atoms with Gasteiger partial charge in [0.2, 0.25) is 5.69 Å². The van der Waals surface area contributed by atoms with E-state index < -0.39 is 0 Å².